The standard InChI is InChI=1S/C19H29FO3.C18H20O2/c1-2-3-4-5-6-7-8-9-10-11-14-23-18-13-12-16(19(21)22)15-17(18)20;1-3-14(2)13-18(19)20-17-11-9-16(10-12-17)15-7-5-4-6-8-15/h12-13,15H,2-11,14H2,1H3,(H,21,22);4-12,14H,3,13H2,1-2H3/t;14-/m.0/s1. The van der Waals surface area contributed by atoms with Crippen molar-refractivity contribution in [3.63, 3.8) is 0 Å². The highest BCUT2D eigenvalue weighted by Gasteiger charge is 2.10. The summed E-state index contributed by atoms with van der Waals surface area (Å²) in [5, 5.41) is 8.77. The molecule has 43 heavy (non-hydrogen) atoms. The van der Waals surface area contributed by atoms with Gasteiger partial charge in [-0.1, -0.05) is 127 Å². The second-order valence-electron chi connectivity index (χ2n) is 11.1. The van der Waals surface area contributed by atoms with Gasteiger partial charge in [-0.05, 0) is 53.8 Å². The van der Waals surface area contributed by atoms with Crippen molar-refractivity contribution in [1.82, 2.24) is 0 Å². The Morgan fingerprint density at radius 3 is 1.91 bits per heavy atom. The molecule has 3 aromatic carbocycles. The van der Waals surface area contributed by atoms with Crippen molar-refractivity contribution in [2.24, 2.45) is 5.92 Å². The molecule has 0 aliphatic rings. The first-order valence-corrected chi connectivity index (χ1v) is 15.9. The minimum absolute atomic E-state index is 0.0613. The quantitative estimate of drug-likeness (QED) is 0.0903. The van der Waals surface area contributed by atoms with Crippen molar-refractivity contribution in [3.05, 3.63) is 84.2 Å². The minimum atomic E-state index is -1.13. The summed E-state index contributed by atoms with van der Waals surface area (Å²) in [4.78, 5) is 22.4. The molecule has 3 rings (SSSR count). The van der Waals surface area contributed by atoms with E-state index in [1.807, 2.05) is 42.5 Å². The maximum atomic E-state index is 13.6. The second-order valence-corrected chi connectivity index (χ2v) is 11.1. The van der Waals surface area contributed by atoms with Gasteiger partial charge < -0.3 is 14.6 Å². The predicted molar refractivity (Wildman–Crippen MR) is 172 cm³/mol. The number of carboxylic acid groups (broad SMARTS) is 1. The van der Waals surface area contributed by atoms with E-state index >= 15 is 0 Å². The lowest BCUT2D eigenvalue weighted by molar-refractivity contribution is -0.135. The van der Waals surface area contributed by atoms with Crippen LogP contribution in [-0.4, -0.2) is 23.7 Å². The number of rotatable bonds is 18. The second kappa shape index (κ2) is 21.1. The Morgan fingerprint density at radius 2 is 1.35 bits per heavy atom. The molecule has 0 aliphatic heterocycles. The van der Waals surface area contributed by atoms with Gasteiger partial charge in [0.05, 0.1) is 12.2 Å². The van der Waals surface area contributed by atoms with Crippen molar-refractivity contribution in [1.29, 1.82) is 0 Å². The van der Waals surface area contributed by atoms with Gasteiger partial charge in [0.25, 0.3) is 0 Å². The van der Waals surface area contributed by atoms with E-state index in [4.69, 9.17) is 14.6 Å². The van der Waals surface area contributed by atoms with Gasteiger partial charge in [-0.2, -0.15) is 0 Å². The summed E-state index contributed by atoms with van der Waals surface area (Å²) in [6, 6.07) is 21.5. The van der Waals surface area contributed by atoms with Crippen LogP contribution in [0.1, 0.15) is 108 Å². The summed E-state index contributed by atoms with van der Waals surface area (Å²) in [5.41, 5.74) is 2.21. The van der Waals surface area contributed by atoms with Crippen molar-refractivity contribution in [2.45, 2.75) is 97.8 Å². The van der Waals surface area contributed by atoms with Crippen LogP contribution in [0.4, 0.5) is 4.39 Å². The number of aromatic carboxylic acids is 1. The predicted octanol–water partition coefficient (Wildman–Crippen LogP) is 10.5. The van der Waals surface area contributed by atoms with E-state index in [1.54, 1.807) is 0 Å². The number of halogens is 1. The van der Waals surface area contributed by atoms with Gasteiger partial charge in [0, 0.05) is 6.42 Å². The van der Waals surface area contributed by atoms with E-state index in [9.17, 15) is 14.0 Å². The third kappa shape index (κ3) is 14.9. The third-order valence-corrected chi connectivity index (χ3v) is 7.34. The molecule has 0 amide bonds. The van der Waals surface area contributed by atoms with Crippen molar-refractivity contribution in [3.8, 4) is 22.6 Å². The lowest BCUT2D eigenvalue weighted by atomic mass is 10.1. The average Bonchev–Trinajstić information content (AvgIpc) is 3.01. The topological polar surface area (TPSA) is 72.8 Å². The molecule has 0 aliphatic carbocycles. The van der Waals surface area contributed by atoms with Gasteiger partial charge in [-0.25, -0.2) is 9.18 Å². The Labute approximate surface area is 257 Å². The first kappa shape index (κ1) is 35.5. The average molecular weight is 593 g/mol. The van der Waals surface area contributed by atoms with Gasteiger partial charge in [-0.3, -0.25) is 4.79 Å². The van der Waals surface area contributed by atoms with Crippen LogP contribution >= 0.6 is 0 Å². The lowest BCUT2D eigenvalue weighted by Gasteiger charge is -2.09. The maximum Gasteiger partial charge on any atom is 0.335 e. The van der Waals surface area contributed by atoms with Crippen LogP contribution in [0.15, 0.2) is 72.8 Å². The number of carboxylic acids is 1. The summed E-state index contributed by atoms with van der Waals surface area (Å²) in [7, 11) is 0. The van der Waals surface area contributed by atoms with Crippen molar-refractivity contribution >= 4 is 11.9 Å². The highest BCUT2D eigenvalue weighted by atomic mass is 19.1. The molecule has 1 atom stereocenters. The molecule has 3 aromatic rings. The van der Waals surface area contributed by atoms with Crippen LogP contribution in [0, 0.1) is 11.7 Å². The zero-order valence-electron chi connectivity index (χ0n) is 26.2. The molecule has 234 valence electrons. The summed E-state index contributed by atoms with van der Waals surface area (Å²) >= 11 is 0. The number of carbonyl (C=O) groups excluding carboxylic acids is 1. The van der Waals surface area contributed by atoms with Crippen molar-refractivity contribution in [2.75, 3.05) is 6.61 Å². The van der Waals surface area contributed by atoms with E-state index in [1.165, 1.54) is 63.5 Å². The molecule has 0 unspecified atom stereocenters. The van der Waals surface area contributed by atoms with E-state index in [-0.39, 0.29) is 17.3 Å². The fraction of sp³-hybridized carbons (Fsp3) is 0.459. The lowest BCUT2D eigenvalue weighted by Crippen LogP contribution is -2.11. The molecule has 0 bridgehead atoms. The van der Waals surface area contributed by atoms with Crippen LogP contribution in [0.5, 0.6) is 11.5 Å². The molecule has 0 spiro atoms. The third-order valence-electron chi connectivity index (χ3n) is 7.34. The van der Waals surface area contributed by atoms with E-state index in [0.29, 0.717) is 24.7 Å². The number of esters is 1. The molecule has 6 heteroatoms. The smallest absolute Gasteiger partial charge is 0.335 e. The molecule has 5 nitrogen and oxygen atoms in total. The van der Waals surface area contributed by atoms with E-state index in [2.05, 4.69) is 32.9 Å². The van der Waals surface area contributed by atoms with Gasteiger partial charge >= 0.3 is 11.9 Å². The minimum Gasteiger partial charge on any atom is -0.491 e. The Balaban J connectivity index is 0.000000303. The molecule has 0 saturated heterocycles. The molecular weight excluding hydrogens is 543 g/mol. The SMILES string of the molecule is CCCCCCCCCCCCOc1ccc(C(=O)O)cc1F.CC[C@H](C)CC(=O)Oc1ccc(-c2ccccc2)cc1. The van der Waals surface area contributed by atoms with E-state index < -0.39 is 11.8 Å². The number of hydrogen-bond donors (Lipinski definition) is 1. The normalized spacial score (nSPS) is 11.3. The number of hydrogen-bond acceptors (Lipinski definition) is 4. The highest BCUT2D eigenvalue weighted by molar-refractivity contribution is 5.87. The summed E-state index contributed by atoms with van der Waals surface area (Å²) in [6.07, 6.45) is 13.9. The molecule has 0 saturated carbocycles. The van der Waals surface area contributed by atoms with Gasteiger partial charge in [0.1, 0.15) is 5.75 Å². The molecule has 0 aromatic heterocycles. The fourth-order valence-electron chi connectivity index (χ4n) is 4.47. The first-order valence-electron chi connectivity index (χ1n) is 15.9. The van der Waals surface area contributed by atoms with Crippen LogP contribution in [0.2, 0.25) is 0 Å². The molecule has 0 fully saturated rings. The van der Waals surface area contributed by atoms with Gasteiger partial charge in [0.15, 0.2) is 11.6 Å². The zero-order valence-corrected chi connectivity index (χ0v) is 26.2. The van der Waals surface area contributed by atoms with Gasteiger partial charge in [0.2, 0.25) is 0 Å². The van der Waals surface area contributed by atoms with Crippen LogP contribution < -0.4 is 9.47 Å². The number of carbonyl (C=O) groups is 2. The van der Waals surface area contributed by atoms with Crippen LogP contribution in [-0.2, 0) is 4.79 Å². The Kier molecular flexibility index (Phi) is 17.4. The van der Waals surface area contributed by atoms with Crippen LogP contribution in [0.3, 0.4) is 0 Å². The molecule has 0 radical (unpaired) electrons. The molecule has 0 heterocycles. The zero-order chi connectivity index (χ0) is 31.3. The Bertz CT molecular complexity index is 1190. The number of ether oxygens (including phenoxy) is 2. The number of unbranched alkanes of at least 4 members (excludes halogenated alkanes) is 9. The molecular formula is C37H49FO5. The maximum absolute atomic E-state index is 13.6. The Hall–Kier alpha value is -3.67. The molecule has 1 N–H and O–H groups in total. The largest absolute Gasteiger partial charge is 0.491 e. The monoisotopic (exact) mass is 592 g/mol. The van der Waals surface area contributed by atoms with Crippen molar-refractivity contribution < 1.29 is 28.6 Å². The van der Waals surface area contributed by atoms with E-state index in [0.717, 1.165) is 36.5 Å². The fourth-order valence-corrected chi connectivity index (χ4v) is 4.47. The summed E-state index contributed by atoms with van der Waals surface area (Å²) in [6.45, 7) is 6.83. The van der Waals surface area contributed by atoms with Crippen LogP contribution in [0.25, 0.3) is 11.1 Å². The first-order chi connectivity index (χ1) is 20.8. The van der Waals surface area contributed by atoms with Gasteiger partial charge in [-0.15, -0.1) is 0 Å². The summed E-state index contributed by atoms with van der Waals surface area (Å²) in [5.74, 6) is -0.802. The number of benzene rings is 3. The summed E-state index contributed by atoms with van der Waals surface area (Å²) < 4.78 is 24.3. The highest BCUT2D eigenvalue weighted by Crippen LogP contribution is 2.23. The Morgan fingerprint density at radius 1 is 0.767 bits per heavy atom.